The highest BCUT2D eigenvalue weighted by atomic mass is 19.1. The summed E-state index contributed by atoms with van der Waals surface area (Å²) in [5.41, 5.74) is 1.03. The Morgan fingerprint density at radius 3 is 2.06 bits per heavy atom. The summed E-state index contributed by atoms with van der Waals surface area (Å²) in [5.74, 6) is -3.55. The van der Waals surface area contributed by atoms with Crippen LogP contribution in [-0.2, 0) is 14.3 Å². The summed E-state index contributed by atoms with van der Waals surface area (Å²) in [4.78, 5) is 36.8. The normalized spacial score (nSPS) is 11.3. The van der Waals surface area contributed by atoms with Crippen molar-refractivity contribution in [1.29, 1.82) is 0 Å². The van der Waals surface area contributed by atoms with Crippen molar-refractivity contribution >= 4 is 23.5 Å². The molecule has 0 aliphatic carbocycles. The van der Waals surface area contributed by atoms with Crippen molar-refractivity contribution in [3.8, 4) is 0 Å². The highest BCUT2D eigenvalue weighted by molar-refractivity contribution is 5.95. The van der Waals surface area contributed by atoms with E-state index < -0.39 is 36.2 Å². The Kier molecular flexibility index (Phi) is 7.64. The Balaban J connectivity index is 1.59. The molecule has 3 aromatic rings. The van der Waals surface area contributed by atoms with E-state index in [1.54, 1.807) is 60.7 Å². The van der Waals surface area contributed by atoms with Gasteiger partial charge in [-0.05, 0) is 29.8 Å². The standard InChI is InChI=1S/C24H20F2N2O4/c25-18-11-19(26)13-20(12-18)27-22(29)15-32-23(30)14-21(16-7-3-1-4-8-16)28-24(31)17-9-5-2-6-10-17/h1-13,21H,14-15H2,(H,27,29)(H,28,31). The fourth-order valence-electron chi connectivity index (χ4n) is 2.96. The molecule has 3 aromatic carbocycles. The van der Waals surface area contributed by atoms with Gasteiger partial charge in [-0.3, -0.25) is 14.4 Å². The number of amides is 2. The van der Waals surface area contributed by atoms with E-state index in [1.807, 2.05) is 0 Å². The molecule has 0 spiro atoms. The van der Waals surface area contributed by atoms with E-state index in [4.69, 9.17) is 4.74 Å². The van der Waals surface area contributed by atoms with Gasteiger partial charge in [0.05, 0.1) is 12.5 Å². The molecule has 0 aliphatic heterocycles. The zero-order valence-corrected chi connectivity index (χ0v) is 16.9. The number of halogens is 2. The minimum atomic E-state index is -0.850. The van der Waals surface area contributed by atoms with Gasteiger partial charge >= 0.3 is 5.97 Å². The summed E-state index contributed by atoms with van der Waals surface area (Å²) in [5, 5.41) is 5.05. The molecule has 0 aliphatic rings. The lowest BCUT2D eigenvalue weighted by Crippen LogP contribution is -2.31. The number of hydrogen-bond donors (Lipinski definition) is 2. The zero-order valence-electron chi connectivity index (χ0n) is 16.9. The quantitative estimate of drug-likeness (QED) is 0.521. The maximum absolute atomic E-state index is 13.2. The van der Waals surface area contributed by atoms with Crippen LogP contribution in [0.4, 0.5) is 14.5 Å². The van der Waals surface area contributed by atoms with Crippen LogP contribution in [0.25, 0.3) is 0 Å². The molecule has 0 saturated heterocycles. The topological polar surface area (TPSA) is 84.5 Å². The molecule has 0 radical (unpaired) electrons. The third kappa shape index (κ3) is 6.73. The predicted octanol–water partition coefficient (Wildman–Crippen LogP) is 4.01. The van der Waals surface area contributed by atoms with Crippen LogP contribution in [0.3, 0.4) is 0 Å². The van der Waals surface area contributed by atoms with E-state index in [1.165, 1.54) is 0 Å². The number of anilines is 1. The van der Waals surface area contributed by atoms with Crippen LogP contribution in [0.1, 0.15) is 28.4 Å². The van der Waals surface area contributed by atoms with Crippen LogP contribution in [0.2, 0.25) is 0 Å². The fourth-order valence-corrected chi connectivity index (χ4v) is 2.96. The van der Waals surface area contributed by atoms with Gasteiger partial charge in [-0.25, -0.2) is 8.78 Å². The SMILES string of the molecule is O=C(COC(=O)CC(NC(=O)c1ccccc1)c1ccccc1)Nc1cc(F)cc(F)c1. The Morgan fingerprint density at radius 1 is 0.844 bits per heavy atom. The van der Waals surface area contributed by atoms with Gasteiger partial charge in [0.25, 0.3) is 11.8 Å². The molecule has 0 fully saturated rings. The van der Waals surface area contributed by atoms with E-state index in [9.17, 15) is 23.2 Å². The lowest BCUT2D eigenvalue weighted by Gasteiger charge is -2.19. The molecule has 2 amide bonds. The summed E-state index contributed by atoms with van der Waals surface area (Å²) in [6.45, 7) is -0.648. The van der Waals surface area contributed by atoms with Gasteiger partial charge in [0.15, 0.2) is 6.61 Å². The average molecular weight is 438 g/mol. The molecule has 6 nitrogen and oxygen atoms in total. The number of nitrogens with one attached hydrogen (secondary N) is 2. The van der Waals surface area contributed by atoms with Gasteiger partial charge in [0.1, 0.15) is 11.6 Å². The van der Waals surface area contributed by atoms with Crippen molar-refractivity contribution in [3.05, 3.63) is 102 Å². The highest BCUT2D eigenvalue weighted by Gasteiger charge is 2.20. The first-order chi connectivity index (χ1) is 15.4. The lowest BCUT2D eigenvalue weighted by molar-refractivity contribution is -0.147. The molecule has 0 heterocycles. The van der Waals surface area contributed by atoms with Crippen LogP contribution >= 0.6 is 0 Å². The summed E-state index contributed by atoms with van der Waals surface area (Å²) in [6.07, 6.45) is -0.218. The molecule has 1 atom stereocenters. The van der Waals surface area contributed by atoms with E-state index in [-0.39, 0.29) is 18.0 Å². The molecule has 2 N–H and O–H groups in total. The first kappa shape index (κ1) is 22.6. The fraction of sp³-hybridized carbons (Fsp3) is 0.125. The van der Waals surface area contributed by atoms with Crippen molar-refractivity contribution in [3.63, 3.8) is 0 Å². The first-order valence-electron chi connectivity index (χ1n) is 9.73. The van der Waals surface area contributed by atoms with Gasteiger partial charge in [-0.2, -0.15) is 0 Å². The molecule has 32 heavy (non-hydrogen) atoms. The maximum atomic E-state index is 13.2. The van der Waals surface area contributed by atoms with Gasteiger partial charge in [0.2, 0.25) is 0 Å². The predicted molar refractivity (Wildman–Crippen MR) is 114 cm³/mol. The summed E-state index contributed by atoms with van der Waals surface area (Å²) in [7, 11) is 0. The number of ether oxygens (including phenoxy) is 1. The van der Waals surface area contributed by atoms with Crippen molar-refractivity contribution in [2.45, 2.75) is 12.5 Å². The van der Waals surface area contributed by atoms with Crippen LogP contribution in [0.15, 0.2) is 78.9 Å². The second-order valence-corrected chi connectivity index (χ2v) is 6.87. The summed E-state index contributed by atoms with van der Waals surface area (Å²) in [6, 6.07) is 19.3. The van der Waals surface area contributed by atoms with Crippen LogP contribution in [0.5, 0.6) is 0 Å². The molecule has 0 saturated carbocycles. The Bertz CT molecular complexity index is 1070. The smallest absolute Gasteiger partial charge is 0.308 e. The number of carbonyl (C=O) groups is 3. The molecule has 164 valence electrons. The Labute approximate surface area is 183 Å². The molecule has 3 rings (SSSR count). The maximum Gasteiger partial charge on any atom is 0.308 e. The number of benzene rings is 3. The van der Waals surface area contributed by atoms with Crippen LogP contribution in [0, 0.1) is 11.6 Å². The zero-order chi connectivity index (χ0) is 22.9. The second kappa shape index (κ2) is 10.8. The Hall–Kier alpha value is -4.07. The third-order valence-electron chi connectivity index (χ3n) is 4.42. The first-order valence-corrected chi connectivity index (χ1v) is 9.73. The van der Waals surface area contributed by atoms with Gasteiger partial charge in [-0.15, -0.1) is 0 Å². The Morgan fingerprint density at radius 2 is 1.44 bits per heavy atom. The minimum Gasteiger partial charge on any atom is -0.455 e. The molecule has 8 heteroatoms. The highest BCUT2D eigenvalue weighted by Crippen LogP contribution is 2.18. The largest absolute Gasteiger partial charge is 0.455 e. The minimum absolute atomic E-state index is 0.0964. The number of carbonyl (C=O) groups excluding carboxylic acids is 3. The van der Waals surface area contributed by atoms with Gasteiger partial charge < -0.3 is 15.4 Å². The summed E-state index contributed by atoms with van der Waals surface area (Å²) < 4.78 is 31.4. The number of hydrogen-bond acceptors (Lipinski definition) is 4. The molecule has 0 aromatic heterocycles. The monoisotopic (exact) mass is 438 g/mol. The van der Waals surface area contributed by atoms with Crippen molar-refractivity contribution in [1.82, 2.24) is 5.32 Å². The number of esters is 1. The summed E-state index contributed by atoms with van der Waals surface area (Å²) >= 11 is 0. The molecule has 0 bridgehead atoms. The third-order valence-corrected chi connectivity index (χ3v) is 4.42. The molecular weight excluding hydrogens is 418 g/mol. The van der Waals surface area contributed by atoms with Gasteiger partial charge in [-0.1, -0.05) is 48.5 Å². The molecule has 1 unspecified atom stereocenters. The molecular formula is C24H20F2N2O4. The van der Waals surface area contributed by atoms with Crippen LogP contribution in [-0.4, -0.2) is 24.4 Å². The van der Waals surface area contributed by atoms with Crippen molar-refractivity contribution in [2.24, 2.45) is 0 Å². The lowest BCUT2D eigenvalue weighted by atomic mass is 10.0. The van der Waals surface area contributed by atoms with Crippen molar-refractivity contribution < 1.29 is 27.9 Å². The van der Waals surface area contributed by atoms with E-state index >= 15 is 0 Å². The van der Waals surface area contributed by atoms with Crippen molar-refractivity contribution in [2.75, 3.05) is 11.9 Å². The van der Waals surface area contributed by atoms with E-state index in [0.717, 1.165) is 12.1 Å². The average Bonchev–Trinajstić information content (AvgIpc) is 2.77. The van der Waals surface area contributed by atoms with Gasteiger partial charge in [0, 0.05) is 17.3 Å². The second-order valence-electron chi connectivity index (χ2n) is 6.87. The van der Waals surface area contributed by atoms with E-state index in [0.29, 0.717) is 17.2 Å². The van der Waals surface area contributed by atoms with Crippen LogP contribution < -0.4 is 10.6 Å². The number of rotatable bonds is 8. The van der Waals surface area contributed by atoms with E-state index in [2.05, 4.69) is 10.6 Å².